The van der Waals surface area contributed by atoms with Gasteiger partial charge in [-0.15, -0.1) is 0 Å². The first-order valence-electron chi connectivity index (χ1n) is 5.74. The number of para-hydroxylation sites is 1. The topological polar surface area (TPSA) is 30.2 Å². The van der Waals surface area contributed by atoms with Crippen molar-refractivity contribution in [3.63, 3.8) is 0 Å². The van der Waals surface area contributed by atoms with Gasteiger partial charge in [-0.1, -0.05) is 18.2 Å². The summed E-state index contributed by atoms with van der Waals surface area (Å²) >= 11 is 2.93. The van der Waals surface area contributed by atoms with Gasteiger partial charge in [0.05, 0.1) is 10.0 Å². The molecule has 0 aliphatic carbocycles. The van der Waals surface area contributed by atoms with Crippen molar-refractivity contribution in [2.45, 2.75) is 0 Å². The van der Waals surface area contributed by atoms with Gasteiger partial charge in [0, 0.05) is 11.5 Å². The Bertz CT molecular complexity index is 791. The summed E-state index contributed by atoms with van der Waals surface area (Å²) in [5.74, 6) is -2.29. The second-order valence-electron chi connectivity index (χ2n) is 4.22. The van der Waals surface area contributed by atoms with Gasteiger partial charge in [0.25, 0.3) is 0 Å². The molecule has 0 unspecified atom stereocenters. The van der Waals surface area contributed by atoms with Crippen LogP contribution in [-0.4, -0.2) is 5.78 Å². The van der Waals surface area contributed by atoms with Crippen LogP contribution in [0.4, 0.5) is 8.78 Å². The largest absolute Gasteiger partial charge is 0.453 e. The van der Waals surface area contributed by atoms with Crippen molar-refractivity contribution in [2.24, 2.45) is 0 Å². The third-order valence-electron chi connectivity index (χ3n) is 2.90. The van der Waals surface area contributed by atoms with E-state index in [1.165, 1.54) is 6.07 Å². The Morgan fingerprint density at radius 1 is 1.05 bits per heavy atom. The minimum Gasteiger partial charge on any atom is -0.453 e. The molecule has 0 N–H and O–H groups in total. The number of hydrogen-bond acceptors (Lipinski definition) is 2. The number of rotatable bonds is 2. The predicted octanol–water partition coefficient (Wildman–Crippen LogP) is 4.70. The van der Waals surface area contributed by atoms with Crippen molar-refractivity contribution in [1.82, 2.24) is 0 Å². The number of carbonyl (C=O) groups is 1. The second-order valence-corrected chi connectivity index (χ2v) is 5.08. The van der Waals surface area contributed by atoms with Crippen LogP contribution < -0.4 is 0 Å². The van der Waals surface area contributed by atoms with E-state index in [9.17, 15) is 13.6 Å². The number of hydrogen-bond donors (Lipinski definition) is 0. The highest BCUT2D eigenvalue weighted by molar-refractivity contribution is 9.10. The first-order valence-corrected chi connectivity index (χ1v) is 6.53. The molecule has 5 heteroatoms. The minimum absolute atomic E-state index is 0.0172. The van der Waals surface area contributed by atoms with E-state index in [0.717, 1.165) is 11.5 Å². The van der Waals surface area contributed by atoms with E-state index in [2.05, 4.69) is 15.9 Å². The van der Waals surface area contributed by atoms with Crippen LogP contribution in [0.3, 0.4) is 0 Å². The van der Waals surface area contributed by atoms with Crippen LogP contribution in [0.25, 0.3) is 11.0 Å². The van der Waals surface area contributed by atoms with Crippen molar-refractivity contribution >= 4 is 32.7 Å². The van der Waals surface area contributed by atoms with Crippen molar-refractivity contribution in [2.75, 3.05) is 0 Å². The van der Waals surface area contributed by atoms with Gasteiger partial charge >= 0.3 is 0 Å². The molecule has 0 aliphatic rings. The highest BCUT2D eigenvalue weighted by atomic mass is 79.9. The fourth-order valence-electron chi connectivity index (χ4n) is 1.92. The fourth-order valence-corrected chi connectivity index (χ4v) is 2.27. The number of ketones is 1. The summed E-state index contributed by atoms with van der Waals surface area (Å²) < 4.78 is 32.3. The standard InChI is InChI=1S/C15H7BrF2O2/c16-10-6-9(11(17)7-12(10)18)15(19)14-5-8-3-1-2-4-13(8)20-14/h1-7H. The normalized spacial score (nSPS) is 10.9. The third kappa shape index (κ3) is 2.14. The summed E-state index contributed by atoms with van der Waals surface area (Å²) in [5, 5.41) is 0.748. The maximum absolute atomic E-state index is 13.7. The molecule has 0 bridgehead atoms. The lowest BCUT2D eigenvalue weighted by molar-refractivity contribution is 0.101. The average Bonchev–Trinajstić information content (AvgIpc) is 2.86. The molecule has 0 atom stereocenters. The lowest BCUT2D eigenvalue weighted by atomic mass is 10.1. The second kappa shape index (κ2) is 4.83. The molecule has 3 rings (SSSR count). The number of benzene rings is 2. The molecule has 100 valence electrons. The van der Waals surface area contributed by atoms with Crippen LogP contribution in [-0.2, 0) is 0 Å². The third-order valence-corrected chi connectivity index (χ3v) is 3.51. The van der Waals surface area contributed by atoms with Crippen LogP contribution >= 0.6 is 15.9 Å². The summed E-state index contributed by atoms with van der Waals surface area (Å²) in [6, 6.07) is 10.4. The molecule has 1 aromatic heterocycles. The van der Waals surface area contributed by atoms with Crippen LogP contribution in [0, 0.1) is 11.6 Å². The molecule has 0 saturated heterocycles. The summed E-state index contributed by atoms with van der Waals surface area (Å²) in [5.41, 5.74) is 0.301. The number of carbonyl (C=O) groups excluding carboxylic acids is 1. The molecule has 2 aromatic carbocycles. The maximum atomic E-state index is 13.7. The van der Waals surface area contributed by atoms with Crippen molar-refractivity contribution in [3.05, 3.63) is 69.9 Å². The lowest BCUT2D eigenvalue weighted by Crippen LogP contribution is -2.04. The van der Waals surface area contributed by atoms with E-state index in [-0.39, 0.29) is 15.8 Å². The summed E-state index contributed by atoms with van der Waals surface area (Å²) in [7, 11) is 0. The van der Waals surface area contributed by atoms with Gasteiger partial charge in [0.15, 0.2) is 5.76 Å². The molecule has 3 aromatic rings. The van der Waals surface area contributed by atoms with E-state index < -0.39 is 17.4 Å². The zero-order valence-corrected chi connectivity index (χ0v) is 11.6. The van der Waals surface area contributed by atoms with Gasteiger partial charge in [0.2, 0.25) is 5.78 Å². The monoisotopic (exact) mass is 336 g/mol. The Balaban J connectivity index is 2.10. The Morgan fingerprint density at radius 3 is 2.55 bits per heavy atom. The maximum Gasteiger partial charge on any atom is 0.231 e. The first-order chi connectivity index (χ1) is 9.56. The molecule has 2 nitrogen and oxygen atoms in total. The Kier molecular flexibility index (Phi) is 3.14. The zero-order chi connectivity index (χ0) is 14.3. The number of fused-ring (bicyclic) bond motifs is 1. The molecule has 1 heterocycles. The van der Waals surface area contributed by atoms with E-state index in [0.29, 0.717) is 11.6 Å². The molecule has 0 fully saturated rings. The molecule has 0 amide bonds. The van der Waals surface area contributed by atoms with Crippen LogP contribution in [0.5, 0.6) is 0 Å². The molecule has 0 spiro atoms. The summed E-state index contributed by atoms with van der Waals surface area (Å²) in [6.07, 6.45) is 0. The van der Waals surface area contributed by atoms with Gasteiger partial charge in [-0.05, 0) is 34.1 Å². The molecular weight excluding hydrogens is 330 g/mol. The van der Waals surface area contributed by atoms with Gasteiger partial charge in [0.1, 0.15) is 17.2 Å². The van der Waals surface area contributed by atoms with Crippen LogP contribution in [0.2, 0.25) is 0 Å². The van der Waals surface area contributed by atoms with E-state index in [1.54, 1.807) is 24.3 Å². The molecule has 20 heavy (non-hydrogen) atoms. The average molecular weight is 337 g/mol. The van der Waals surface area contributed by atoms with E-state index >= 15 is 0 Å². The van der Waals surface area contributed by atoms with E-state index in [4.69, 9.17) is 4.42 Å². The molecular formula is C15H7BrF2O2. The summed E-state index contributed by atoms with van der Waals surface area (Å²) in [4.78, 5) is 12.2. The number of halogens is 3. The molecule has 0 saturated carbocycles. The zero-order valence-electron chi connectivity index (χ0n) is 9.99. The highest BCUT2D eigenvalue weighted by Crippen LogP contribution is 2.25. The Labute approximate surface area is 121 Å². The minimum atomic E-state index is -0.920. The van der Waals surface area contributed by atoms with Crippen LogP contribution in [0.1, 0.15) is 16.1 Å². The summed E-state index contributed by atoms with van der Waals surface area (Å²) in [6.45, 7) is 0. The van der Waals surface area contributed by atoms with Gasteiger partial charge in [-0.2, -0.15) is 0 Å². The van der Waals surface area contributed by atoms with Crippen LogP contribution in [0.15, 0.2) is 51.4 Å². The van der Waals surface area contributed by atoms with Crippen molar-refractivity contribution in [1.29, 1.82) is 0 Å². The Hall–Kier alpha value is -2.01. The highest BCUT2D eigenvalue weighted by Gasteiger charge is 2.20. The lowest BCUT2D eigenvalue weighted by Gasteiger charge is -2.02. The Morgan fingerprint density at radius 2 is 1.80 bits per heavy atom. The first kappa shape index (κ1) is 13.0. The van der Waals surface area contributed by atoms with E-state index in [1.807, 2.05) is 0 Å². The van der Waals surface area contributed by atoms with Crippen molar-refractivity contribution < 1.29 is 18.0 Å². The van der Waals surface area contributed by atoms with Crippen molar-refractivity contribution in [3.8, 4) is 0 Å². The van der Waals surface area contributed by atoms with Gasteiger partial charge < -0.3 is 4.42 Å². The van der Waals surface area contributed by atoms with Gasteiger partial charge in [-0.25, -0.2) is 8.78 Å². The fraction of sp³-hybridized carbons (Fsp3) is 0. The SMILES string of the molecule is O=C(c1cc2ccccc2o1)c1cc(Br)c(F)cc1F. The van der Waals surface area contributed by atoms with Gasteiger partial charge in [-0.3, -0.25) is 4.79 Å². The molecule has 0 aliphatic heterocycles. The quantitative estimate of drug-likeness (QED) is 0.501. The number of furan rings is 1. The molecule has 0 radical (unpaired) electrons. The smallest absolute Gasteiger partial charge is 0.231 e. The predicted molar refractivity (Wildman–Crippen MR) is 73.7 cm³/mol.